The second kappa shape index (κ2) is 6.80. The van der Waals surface area contributed by atoms with E-state index in [0.717, 1.165) is 51.3 Å². The topological polar surface area (TPSA) is 52.3 Å². The van der Waals surface area contributed by atoms with Crippen LogP contribution in [0.5, 0.6) is 5.75 Å². The summed E-state index contributed by atoms with van der Waals surface area (Å²) in [4.78, 5) is 9.00. The number of nitrogens with zero attached hydrogens (tertiary/aromatic N) is 4. The molecule has 1 aliphatic rings. The lowest BCUT2D eigenvalue weighted by molar-refractivity contribution is 0.224. The first-order valence-electron chi connectivity index (χ1n) is 10.3. The molecule has 0 bridgehead atoms. The zero-order valence-corrected chi connectivity index (χ0v) is 18.1. The monoisotopic (exact) mass is 406 g/mol. The summed E-state index contributed by atoms with van der Waals surface area (Å²) in [7, 11) is 0. The molecule has 0 N–H and O–H groups in total. The quantitative estimate of drug-likeness (QED) is 0.412. The van der Waals surface area contributed by atoms with Crippen molar-refractivity contribution in [2.24, 2.45) is 23.2 Å². The highest BCUT2D eigenvalue weighted by atomic mass is 32.1. The lowest BCUT2D eigenvalue weighted by Crippen LogP contribution is -2.14. The van der Waals surface area contributed by atoms with Gasteiger partial charge < -0.3 is 4.74 Å². The van der Waals surface area contributed by atoms with Crippen LogP contribution < -0.4 is 4.74 Å². The molecule has 0 saturated heterocycles. The molecule has 3 heterocycles. The van der Waals surface area contributed by atoms with Gasteiger partial charge in [-0.15, -0.1) is 11.3 Å². The van der Waals surface area contributed by atoms with Crippen molar-refractivity contribution < 1.29 is 4.74 Å². The molecule has 1 aromatic carbocycles. The lowest BCUT2D eigenvalue weighted by Gasteiger charge is -2.16. The average molecular weight is 407 g/mol. The number of benzene rings is 1. The molecule has 1 unspecified atom stereocenters. The lowest BCUT2D eigenvalue weighted by atomic mass is 10.00. The highest BCUT2D eigenvalue weighted by molar-refractivity contribution is 7.17. The number of aromatic nitrogens is 4. The number of fused-ring (bicyclic) bond motifs is 2. The molecule has 5 nitrogen and oxygen atoms in total. The molecule has 4 aromatic rings. The van der Waals surface area contributed by atoms with Gasteiger partial charge in [0, 0.05) is 23.2 Å². The minimum absolute atomic E-state index is 0.262. The molecule has 1 aliphatic carbocycles. The van der Waals surface area contributed by atoms with Crippen LogP contribution in [0.1, 0.15) is 34.1 Å². The Bertz CT molecular complexity index is 1180. The summed E-state index contributed by atoms with van der Waals surface area (Å²) in [6.07, 6.45) is 4.88. The van der Waals surface area contributed by atoms with Gasteiger partial charge in [-0.05, 0) is 42.4 Å². The van der Waals surface area contributed by atoms with Crippen LogP contribution in [0.4, 0.5) is 0 Å². The summed E-state index contributed by atoms with van der Waals surface area (Å²) < 4.78 is 9.36. The predicted octanol–water partition coefficient (Wildman–Crippen LogP) is 5.70. The van der Waals surface area contributed by atoms with Gasteiger partial charge in [0.25, 0.3) is 0 Å². The molecular formula is C23H26N4OS. The third-order valence-corrected chi connectivity index (χ3v) is 7.52. The second-order valence-electron chi connectivity index (χ2n) is 8.89. The van der Waals surface area contributed by atoms with E-state index in [1.807, 2.05) is 28.4 Å². The molecule has 6 heteroatoms. The smallest absolute Gasteiger partial charge is 0.155 e. The summed E-state index contributed by atoms with van der Waals surface area (Å²) in [5.41, 5.74) is 6.05. The van der Waals surface area contributed by atoms with Crippen LogP contribution >= 0.6 is 11.3 Å². The molecule has 3 atom stereocenters. The average Bonchev–Trinajstić information content (AvgIpc) is 3.20. The van der Waals surface area contributed by atoms with Crippen LogP contribution in [-0.4, -0.2) is 26.2 Å². The third-order valence-electron chi connectivity index (χ3n) is 6.66. The third kappa shape index (κ3) is 3.01. The summed E-state index contributed by atoms with van der Waals surface area (Å²) in [5, 5.41) is 4.43. The predicted molar refractivity (Wildman–Crippen MR) is 117 cm³/mol. The standard InChI is InChI=1S/C23H26N4OS/c1-14(2)11-17-15(3)23(17,4)12-28-19-6-5-16(22-21(19)25-13-29-22)18-7-9-24-20-8-10-26-27(18)20/h5-10,13-15,17H,11-12H2,1-4H3/t15-,17?,23-/m0/s1. The molecule has 5 rings (SSSR count). The number of hydrogen-bond donors (Lipinski definition) is 0. The van der Waals surface area contributed by atoms with E-state index >= 15 is 0 Å². The maximum Gasteiger partial charge on any atom is 0.155 e. The van der Waals surface area contributed by atoms with Gasteiger partial charge in [0.15, 0.2) is 5.65 Å². The van der Waals surface area contributed by atoms with Gasteiger partial charge in [0.05, 0.1) is 28.7 Å². The van der Waals surface area contributed by atoms with Crippen molar-refractivity contribution in [2.75, 3.05) is 6.61 Å². The molecule has 0 radical (unpaired) electrons. The summed E-state index contributed by atoms with van der Waals surface area (Å²) in [6.45, 7) is 10.1. The van der Waals surface area contributed by atoms with Gasteiger partial charge >= 0.3 is 0 Å². The highest BCUT2D eigenvalue weighted by Gasteiger charge is 2.58. The Labute approximate surface area is 174 Å². The van der Waals surface area contributed by atoms with Crippen molar-refractivity contribution in [2.45, 2.75) is 34.1 Å². The fraction of sp³-hybridized carbons (Fsp3) is 0.435. The Hall–Kier alpha value is -2.47. The minimum Gasteiger partial charge on any atom is -0.491 e. The van der Waals surface area contributed by atoms with Crippen LogP contribution in [0.25, 0.3) is 27.1 Å². The highest BCUT2D eigenvalue weighted by Crippen LogP contribution is 2.61. The SMILES string of the molecule is CC(C)CC1[C@H](C)[C@]1(C)COc1ccc(-c2ccnc3ccnn23)c2scnc12. The van der Waals surface area contributed by atoms with E-state index in [9.17, 15) is 0 Å². The van der Waals surface area contributed by atoms with Gasteiger partial charge in [-0.1, -0.05) is 27.7 Å². The van der Waals surface area contributed by atoms with Crippen molar-refractivity contribution in [3.8, 4) is 17.0 Å². The maximum absolute atomic E-state index is 6.36. The first-order chi connectivity index (χ1) is 14.0. The van der Waals surface area contributed by atoms with E-state index in [-0.39, 0.29) is 5.41 Å². The van der Waals surface area contributed by atoms with Crippen LogP contribution in [0, 0.1) is 23.2 Å². The van der Waals surface area contributed by atoms with Gasteiger partial charge in [-0.25, -0.2) is 14.5 Å². The van der Waals surface area contributed by atoms with Gasteiger partial charge in [-0.3, -0.25) is 0 Å². The van der Waals surface area contributed by atoms with E-state index < -0.39 is 0 Å². The molecule has 3 aromatic heterocycles. The Kier molecular flexibility index (Phi) is 4.35. The molecule has 150 valence electrons. The van der Waals surface area contributed by atoms with Gasteiger partial charge in [-0.2, -0.15) is 5.10 Å². The van der Waals surface area contributed by atoms with Crippen LogP contribution in [-0.2, 0) is 0 Å². The Morgan fingerprint density at radius 1 is 1.17 bits per heavy atom. The number of thiazole rings is 1. The Morgan fingerprint density at radius 3 is 2.86 bits per heavy atom. The molecular weight excluding hydrogens is 380 g/mol. The van der Waals surface area contributed by atoms with Crippen LogP contribution in [0.2, 0.25) is 0 Å². The maximum atomic E-state index is 6.36. The van der Waals surface area contributed by atoms with Crippen LogP contribution in [0.3, 0.4) is 0 Å². The zero-order valence-electron chi connectivity index (χ0n) is 17.3. The van der Waals surface area contributed by atoms with Crippen molar-refractivity contribution in [1.29, 1.82) is 0 Å². The molecule has 0 amide bonds. The minimum atomic E-state index is 0.262. The normalized spacial score (nSPS) is 23.9. The molecule has 1 saturated carbocycles. The van der Waals surface area contributed by atoms with E-state index in [4.69, 9.17) is 4.74 Å². The summed E-state index contributed by atoms with van der Waals surface area (Å²) >= 11 is 1.64. The van der Waals surface area contributed by atoms with E-state index in [1.165, 1.54) is 6.42 Å². The van der Waals surface area contributed by atoms with Crippen molar-refractivity contribution in [3.63, 3.8) is 0 Å². The molecule has 29 heavy (non-hydrogen) atoms. The van der Waals surface area contributed by atoms with E-state index in [0.29, 0.717) is 5.92 Å². The Balaban J connectivity index is 1.45. The first kappa shape index (κ1) is 18.6. The van der Waals surface area contributed by atoms with Crippen molar-refractivity contribution in [1.82, 2.24) is 19.6 Å². The van der Waals surface area contributed by atoms with E-state index in [1.54, 1.807) is 17.5 Å². The van der Waals surface area contributed by atoms with E-state index in [2.05, 4.69) is 54.9 Å². The molecule has 1 fully saturated rings. The largest absolute Gasteiger partial charge is 0.491 e. The second-order valence-corrected chi connectivity index (χ2v) is 9.75. The summed E-state index contributed by atoms with van der Waals surface area (Å²) in [6, 6.07) is 8.09. The molecule has 0 spiro atoms. The first-order valence-corrected chi connectivity index (χ1v) is 11.1. The van der Waals surface area contributed by atoms with Gasteiger partial charge in [0.1, 0.15) is 11.3 Å². The summed E-state index contributed by atoms with van der Waals surface area (Å²) in [5.74, 6) is 3.06. The number of hydrogen-bond acceptors (Lipinski definition) is 5. The van der Waals surface area contributed by atoms with Gasteiger partial charge in [0.2, 0.25) is 0 Å². The van der Waals surface area contributed by atoms with Crippen LogP contribution in [0.15, 0.2) is 42.2 Å². The number of ether oxygens (including phenoxy) is 1. The van der Waals surface area contributed by atoms with Crippen molar-refractivity contribution >= 4 is 27.2 Å². The fourth-order valence-electron chi connectivity index (χ4n) is 4.65. The molecule has 0 aliphatic heterocycles. The Morgan fingerprint density at radius 2 is 2.03 bits per heavy atom. The van der Waals surface area contributed by atoms with Crippen molar-refractivity contribution in [3.05, 3.63) is 42.2 Å². The zero-order chi connectivity index (χ0) is 20.2. The number of rotatable bonds is 6. The fourth-order valence-corrected chi connectivity index (χ4v) is 5.47.